The fourth-order valence-electron chi connectivity index (χ4n) is 2.13. The minimum atomic E-state index is -0.460. The van der Waals surface area contributed by atoms with Crippen molar-refractivity contribution in [3.05, 3.63) is 22.7 Å². The fourth-order valence-corrected chi connectivity index (χ4v) is 2.36. The molecule has 1 rings (SSSR count). The first kappa shape index (κ1) is 22.8. The Kier molecular flexibility index (Phi) is 11.6. The quantitative estimate of drug-likeness (QED) is 0.378. The van der Waals surface area contributed by atoms with Crippen molar-refractivity contribution in [3.63, 3.8) is 0 Å². The summed E-state index contributed by atoms with van der Waals surface area (Å²) in [5, 5.41) is 0.390. The van der Waals surface area contributed by atoms with E-state index < -0.39 is 5.97 Å². The average Bonchev–Trinajstić information content (AvgIpc) is 2.53. The molecule has 1 aromatic carbocycles. The maximum absolute atomic E-state index is 12.3. The number of rotatable bonds is 10. The smallest absolute Gasteiger partial charge is 0.342 e. The largest absolute Gasteiger partial charge is 0.491 e. The topological polar surface area (TPSA) is 64.8 Å². The molecule has 24 heavy (non-hydrogen) atoms. The molecule has 0 aliphatic carbocycles. The van der Waals surface area contributed by atoms with Gasteiger partial charge in [-0.2, -0.15) is 0 Å². The Morgan fingerprint density at radius 1 is 1.21 bits per heavy atom. The molecular weight excluding hydrogens is 351 g/mol. The molecule has 0 aliphatic rings. The van der Waals surface area contributed by atoms with Gasteiger partial charge in [0.15, 0.2) is 5.75 Å². The number of unbranched alkanes of at least 4 members (excludes halogenated alkanes) is 1. The minimum Gasteiger partial charge on any atom is -0.491 e. The van der Waals surface area contributed by atoms with E-state index in [1.54, 1.807) is 12.1 Å². The molecule has 0 bridgehead atoms. The summed E-state index contributed by atoms with van der Waals surface area (Å²) in [6.45, 7) is 9.57. The van der Waals surface area contributed by atoms with Gasteiger partial charge in [0.1, 0.15) is 12.2 Å². The predicted octanol–water partition coefficient (Wildman–Crippen LogP) is 4.02. The predicted molar refractivity (Wildman–Crippen MR) is 102 cm³/mol. The van der Waals surface area contributed by atoms with Crippen LogP contribution in [0.25, 0.3) is 0 Å². The number of ether oxygens (including phenoxy) is 2. The first-order valence-electron chi connectivity index (χ1n) is 8.14. The van der Waals surface area contributed by atoms with E-state index in [1.807, 2.05) is 0 Å². The van der Waals surface area contributed by atoms with Gasteiger partial charge >= 0.3 is 5.97 Å². The van der Waals surface area contributed by atoms with Crippen LogP contribution >= 0.6 is 24.0 Å². The Labute approximate surface area is 155 Å². The van der Waals surface area contributed by atoms with E-state index in [1.165, 1.54) is 0 Å². The summed E-state index contributed by atoms with van der Waals surface area (Å²) in [6, 6.07) is 3.12. The minimum absolute atomic E-state index is 0. The number of benzene rings is 1. The Morgan fingerprint density at radius 3 is 2.46 bits per heavy atom. The highest BCUT2D eigenvalue weighted by Crippen LogP contribution is 2.31. The standard InChI is InChI=1S/C17H27ClN2O3.ClH/c1-4-7-9-22-16-14(11-13(18)12-15(16)19)17(21)23-10-8-20(5-2)6-3;/h11-12H,4-10,19H2,1-3H3;1H. The molecule has 0 saturated heterocycles. The highest BCUT2D eigenvalue weighted by molar-refractivity contribution is 6.31. The van der Waals surface area contributed by atoms with Gasteiger partial charge in [0, 0.05) is 11.6 Å². The fraction of sp³-hybridized carbons (Fsp3) is 0.588. The first-order valence-corrected chi connectivity index (χ1v) is 8.52. The van der Waals surface area contributed by atoms with E-state index in [2.05, 4.69) is 25.7 Å². The first-order chi connectivity index (χ1) is 11.0. The van der Waals surface area contributed by atoms with E-state index in [0.717, 1.165) is 25.9 Å². The summed E-state index contributed by atoms with van der Waals surface area (Å²) < 4.78 is 11.0. The van der Waals surface area contributed by atoms with Crippen LogP contribution in [0.15, 0.2) is 12.1 Å². The van der Waals surface area contributed by atoms with E-state index in [4.69, 9.17) is 26.8 Å². The van der Waals surface area contributed by atoms with Crippen molar-refractivity contribution >= 4 is 35.7 Å². The molecule has 138 valence electrons. The van der Waals surface area contributed by atoms with Gasteiger partial charge in [-0.15, -0.1) is 12.4 Å². The number of anilines is 1. The zero-order valence-corrected chi connectivity index (χ0v) is 16.2. The summed E-state index contributed by atoms with van der Waals surface area (Å²) in [5.74, 6) is -0.103. The van der Waals surface area contributed by atoms with Crippen molar-refractivity contribution in [2.24, 2.45) is 0 Å². The van der Waals surface area contributed by atoms with Crippen molar-refractivity contribution in [1.82, 2.24) is 4.90 Å². The van der Waals surface area contributed by atoms with Crippen LogP contribution in [0.4, 0.5) is 5.69 Å². The number of hydrogen-bond donors (Lipinski definition) is 1. The zero-order valence-electron chi connectivity index (χ0n) is 14.6. The van der Waals surface area contributed by atoms with Gasteiger partial charge in [0.2, 0.25) is 0 Å². The van der Waals surface area contributed by atoms with Gasteiger partial charge in [-0.1, -0.05) is 38.8 Å². The van der Waals surface area contributed by atoms with Gasteiger partial charge in [-0.05, 0) is 31.6 Å². The van der Waals surface area contributed by atoms with Crippen LogP contribution < -0.4 is 10.5 Å². The molecule has 1 aromatic rings. The van der Waals surface area contributed by atoms with Crippen LogP contribution in [0.2, 0.25) is 5.02 Å². The Hall–Kier alpha value is -1.17. The normalized spacial score (nSPS) is 10.4. The van der Waals surface area contributed by atoms with Gasteiger partial charge in [-0.3, -0.25) is 0 Å². The molecule has 0 fully saturated rings. The summed E-state index contributed by atoms with van der Waals surface area (Å²) >= 11 is 6.01. The molecule has 0 atom stereocenters. The number of carbonyl (C=O) groups excluding carboxylic acids is 1. The maximum atomic E-state index is 12.3. The van der Waals surface area contributed by atoms with Crippen molar-refractivity contribution < 1.29 is 14.3 Å². The van der Waals surface area contributed by atoms with Gasteiger partial charge in [-0.25, -0.2) is 4.79 Å². The lowest BCUT2D eigenvalue weighted by molar-refractivity contribution is 0.0462. The number of nitrogens with two attached hydrogens (primary N) is 1. The third kappa shape index (κ3) is 7.16. The van der Waals surface area contributed by atoms with E-state index >= 15 is 0 Å². The molecule has 0 radical (unpaired) electrons. The van der Waals surface area contributed by atoms with Crippen molar-refractivity contribution in [2.75, 3.05) is 38.6 Å². The molecule has 7 heteroatoms. The van der Waals surface area contributed by atoms with Crippen LogP contribution in [0, 0.1) is 0 Å². The zero-order chi connectivity index (χ0) is 17.2. The molecule has 0 aliphatic heterocycles. The van der Waals surface area contributed by atoms with Crippen molar-refractivity contribution in [1.29, 1.82) is 0 Å². The van der Waals surface area contributed by atoms with Gasteiger partial charge < -0.3 is 20.1 Å². The number of nitrogen functional groups attached to an aromatic ring is 1. The number of carbonyl (C=O) groups is 1. The molecule has 0 unspecified atom stereocenters. The van der Waals surface area contributed by atoms with Crippen LogP contribution in [0.5, 0.6) is 5.75 Å². The van der Waals surface area contributed by atoms with Crippen molar-refractivity contribution in [3.8, 4) is 5.75 Å². The Morgan fingerprint density at radius 2 is 1.88 bits per heavy atom. The molecule has 5 nitrogen and oxygen atoms in total. The Bertz CT molecular complexity index is 509. The monoisotopic (exact) mass is 378 g/mol. The molecule has 0 aromatic heterocycles. The lowest BCUT2D eigenvalue weighted by atomic mass is 10.1. The number of hydrogen-bond acceptors (Lipinski definition) is 5. The maximum Gasteiger partial charge on any atom is 0.342 e. The SMILES string of the molecule is CCCCOc1c(N)cc(Cl)cc1C(=O)OCCN(CC)CC.Cl. The second-order valence-electron chi connectivity index (χ2n) is 5.24. The second-order valence-corrected chi connectivity index (χ2v) is 5.67. The van der Waals surface area contributed by atoms with E-state index in [0.29, 0.717) is 36.2 Å². The molecule has 0 saturated carbocycles. The molecule has 2 N–H and O–H groups in total. The lowest BCUT2D eigenvalue weighted by Crippen LogP contribution is -2.28. The second kappa shape index (κ2) is 12.2. The van der Waals surface area contributed by atoms with E-state index in [-0.39, 0.29) is 18.0 Å². The molecule has 0 spiro atoms. The van der Waals surface area contributed by atoms with Crippen LogP contribution in [-0.4, -0.2) is 43.7 Å². The highest BCUT2D eigenvalue weighted by atomic mass is 35.5. The third-order valence-electron chi connectivity index (χ3n) is 3.58. The number of nitrogens with zero attached hydrogens (tertiary/aromatic N) is 1. The average molecular weight is 379 g/mol. The third-order valence-corrected chi connectivity index (χ3v) is 3.80. The Balaban J connectivity index is 0.00000529. The summed E-state index contributed by atoms with van der Waals surface area (Å²) in [6.07, 6.45) is 1.88. The highest BCUT2D eigenvalue weighted by Gasteiger charge is 2.18. The summed E-state index contributed by atoms with van der Waals surface area (Å²) in [4.78, 5) is 14.5. The van der Waals surface area contributed by atoms with Crippen LogP contribution in [-0.2, 0) is 4.74 Å². The van der Waals surface area contributed by atoms with E-state index in [9.17, 15) is 4.79 Å². The number of likely N-dealkylation sites (N-methyl/N-ethyl adjacent to an activating group) is 1. The molecule has 0 amide bonds. The van der Waals surface area contributed by atoms with Crippen molar-refractivity contribution in [2.45, 2.75) is 33.6 Å². The molecule has 0 heterocycles. The number of esters is 1. The van der Waals surface area contributed by atoms with Crippen LogP contribution in [0.3, 0.4) is 0 Å². The van der Waals surface area contributed by atoms with Gasteiger partial charge in [0.25, 0.3) is 0 Å². The lowest BCUT2D eigenvalue weighted by Gasteiger charge is -2.18. The number of halogens is 2. The summed E-state index contributed by atoms with van der Waals surface area (Å²) in [5.41, 5.74) is 6.57. The molecular formula is C17H28Cl2N2O3. The van der Waals surface area contributed by atoms with Crippen LogP contribution in [0.1, 0.15) is 44.0 Å². The summed E-state index contributed by atoms with van der Waals surface area (Å²) in [7, 11) is 0. The van der Waals surface area contributed by atoms with Gasteiger partial charge in [0.05, 0.1) is 12.3 Å².